The number of nitrogen functional groups attached to an aromatic ring is 1. The zero-order valence-electron chi connectivity index (χ0n) is 18.2. The summed E-state index contributed by atoms with van der Waals surface area (Å²) in [6.07, 6.45) is 0.384. The first-order valence-electron chi connectivity index (χ1n) is 10.1. The van der Waals surface area contributed by atoms with Gasteiger partial charge in [-0.2, -0.15) is 0 Å². The van der Waals surface area contributed by atoms with Gasteiger partial charge in [0.2, 0.25) is 17.8 Å². The Morgan fingerprint density at radius 1 is 1.10 bits per heavy atom. The highest BCUT2D eigenvalue weighted by Crippen LogP contribution is 2.30. The van der Waals surface area contributed by atoms with Crippen LogP contribution in [0.3, 0.4) is 0 Å². The minimum Gasteiger partial charge on any atom is -0.367 e. The van der Waals surface area contributed by atoms with Gasteiger partial charge in [0.05, 0.1) is 0 Å². The van der Waals surface area contributed by atoms with Gasteiger partial charge in [0.1, 0.15) is 12.1 Å². The third-order valence-corrected chi connectivity index (χ3v) is 5.50. The molecule has 3 N–H and O–H groups in total. The molecule has 0 unspecified atom stereocenters. The van der Waals surface area contributed by atoms with Crippen LogP contribution in [-0.2, 0) is 16.1 Å². The van der Waals surface area contributed by atoms with E-state index in [9.17, 15) is 9.59 Å². The molecule has 2 amide bonds. The summed E-state index contributed by atoms with van der Waals surface area (Å²) in [4.78, 5) is 28.5. The summed E-state index contributed by atoms with van der Waals surface area (Å²) >= 11 is 0. The van der Waals surface area contributed by atoms with E-state index in [1.54, 1.807) is 19.1 Å². The van der Waals surface area contributed by atoms with Crippen molar-refractivity contribution in [3.63, 3.8) is 0 Å². The van der Waals surface area contributed by atoms with Crippen LogP contribution in [0.5, 0.6) is 0 Å². The third-order valence-electron chi connectivity index (χ3n) is 5.50. The number of nitrogens with zero attached hydrogens (tertiary/aromatic N) is 5. The highest BCUT2D eigenvalue weighted by molar-refractivity contribution is 6.08. The summed E-state index contributed by atoms with van der Waals surface area (Å²) in [6.45, 7) is 7.31. The fraction of sp³-hybridized carbons (Fsp3) is 0.318. The SMILES string of the molecule is CC[C@@](C)(C(=O)Nc1c(C)cccc1C)N(C(=O)Cn1nnnc1N)c1ccccc1. The molecule has 0 saturated carbocycles. The van der Waals surface area contributed by atoms with Crippen molar-refractivity contribution in [2.24, 2.45) is 0 Å². The molecule has 9 heteroatoms. The molecular weight excluding hydrogens is 394 g/mol. The maximum absolute atomic E-state index is 13.6. The molecule has 0 fully saturated rings. The predicted molar refractivity (Wildman–Crippen MR) is 119 cm³/mol. The van der Waals surface area contributed by atoms with Crippen molar-refractivity contribution in [1.82, 2.24) is 20.2 Å². The largest absolute Gasteiger partial charge is 0.367 e. The van der Waals surface area contributed by atoms with Crippen molar-refractivity contribution >= 4 is 29.1 Å². The highest BCUT2D eigenvalue weighted by Gasteiger charge is 2.42. The van der Waals surface area contributed by atoms with Crippen LogP contribution in [0.2, 0.25) is 0 Å². The zero-order valence-corrected chi connectivity index (χ0v) is 18.2. The van der Waals surface area contributed by atoms with E-state index in [1.165, 1.54) is 9.58 Å². The lowest BCUT2D eigenvalue weighted by Gasteiger charge is -2.39. The van der Waals surface area contributed by atoms with E-state index >= 15 is 0 Å². The van der Waals surface area contributed by atoms with Crippen molar-refractivity contribution < 1.29 is 9.59 Å². The molecule has 0 bridgehead atoms. The van der Waals surface area contributed by atoms with Crippen LogP contribution in [0.25, 0.3) is 0 Å². The standard InChI is InChI=1S/C22H27N7O2/c1-5-22(4,20(31)24-19-15(2)10-9-11-16(19)3)29(17-12-7-6-8-13-17)18(30)14-28-21(23)25-26-27-28/h6-13H,5,14H2,1-4H3,(H,24,31)(H2,23,25,27)/t22-/m0/s1. The Kier molecular flexibility index (Phi) is 6.33. The first-order chi connectivity index (χ1) is 14.8. The molecule has 1 aromatic heterocycles. The smallest absolute Gasteiger partial charge is 0.250 e. The van der Waals surface area contributed by atoms with Crippen LogP contribution in [0.15, 0.2) is 48.5 Å². The molecule has 0 radical (unpaired) electrons. The van der Waals surface area contributed by atoms with Gasteiger partial charge in [-0.15, -0.1) is 0 Å². The van der Waals surface area contributed by atoms with E-state index in [-0.39, 0.29) is 24.3 Å². The summed E-state index contributed by atoms with van der Waals surface area (Å²) in [6, 6.07) is 14.9. The van der Waals surface area contributed by atoms with Gasteiger partial charge in [0, 0.05) is 11.4 Å². The number of aryl methyl sites for hydroxylation is 2. The molecular formula is C22H27N7O2. The lowest BCUT2D eigenvalue weighted by molar-refractivity contribution is -0.127. The van der Waals surface area contributed by atoms with Crippen molar-refractivity contribution in [2.45, 2.75) is 46.2 Å². The minimum absolute atomic E-state index is 0.0274. The average Bonchev–Trinajstić information content (AvgIpc) is 3.15. The predicted octanol–water partition coefficient (Wildman–Crippen LogP) is 2.71. The van der Waals surface area contributed by atoms with Gasteiger partial charge in [0.15, 0.2) is 0 Å². The molecule has 0 spiro atoms. The number of benzene rings is 2. The topological polar surface area (TPSA) is 119 Å². The Labute approximate surface area is 181 Å². The molecule has 162 valence electrons. The lowest BCUT2D eigenvalue weighted by Crippen LogP contribution is -2.58. The molecule has 3 rings (SSSR count). The molecule has 1 atom stereocenters. The second kappa shape index (κ2) is 8.95. The summed E-state index contributed by atoms with van der Waals surface area (Å²) in [5.41, 5.74) is 7.82. The Balaban J connectivity index is 2.01. The molecule has 9 nitrogen and oxygen atoms in total. The van der Waals surface area contributed by atoms with Crippen LogP contribution in [-0.4, -0.2) is 37.6 Å². The number of amides is 2. The van der Waals surface area contributed by atoms with Crippen LogP contribution < -0.4 is 16.0 Å². The van der Waals surface area contributed by atoms with Gasteiger partial charge in [-0.05, 0) is 60.9 Å². The van der Waals surface area contributed by atoms with E-state index in [0.29, 0.717) is 12.1 Å². The number of hydrogen-bond acceptors (Lipinski definition) is 6. The van der Waals surface area contributed by atoms with Crippen molar-refractivity contribution in [2.75, 3.05) is 16.0 Å². The van der Waals surface area contributed by atoms with Gasteiger partial charge in [0.25, 0.3) is 0 Å². The quantitative estimate of drug-likeness (QED) is 0.605. The summed E-state index contributed by atoms with van der Waals surface area (Å²) in [7, 11) is 0. The van der Waals surface area contributed by atoms with E-state index in [0.717, 1.165) is 16.8 Å². The van der Waals surface area contributed by atoms with Crippen molar-refractivity contribution in [3.8, 4) is 0 Å². The number of anilines is 3. The molecule has 1 heterocycles. The number of carbonyl (C=O) groups is 2. The van der Waals surface area contributed by atoms with Gasteiger partial charge in [-0.1, -0.05) is 48.4 Å². The van der Waals surface area contributed by atoms with Gasteiger partial charge >= 0.3 is 0 Å². The normalized spacial score (nSPS) is 12.8. The molecule has 0 saturated heterocycles. The number of aromatic nitrogens is 4. The average molecular weight is 422 g/mol. The molecule has 0 aliphatic heterocycles. The minimum atomic E-state index is -1.17. The van der Waals surface area contributed by atoms with Gasteiger partial charge < -0.3 is 11.1 Å². The second-order valence-electron chi connectivity index (χ2n) is 7.61. The highest BCUT2D eigenvalue weighted by atomic mass is 16.2. The summed E-state index contributed by atoms with van der Waals surface area (Å²) in [5, 5.41) is 13.9. The number of tetrazole rings is 1. The number of carbonyl (C=O) groups excluding carboxylic acids is 2. The van der Waals surface area contributed by atoms with Crippen LogP contribution in [0.1, 0.15) is 31.4 Å². The monoisotopic (exact) mass is 421 g/mol. The molecule has 3 aromatic rings. The van der Waals surface area contributed by atoms with Crippen LogP contribution >= 0.6 is 0 Å². The first kappa shape index (κ1) is 21.9. The van der Waals surface area contributed by atoms with Gasteiger partial charge in [-0.3, -0.25) is 14.5 Å². The maximum atomic E-state index is 13.6. The number of para-hydroxylation sites is 2. The summed E-state index contributed by atoms with van der Waals surface area (Å²) in [5.74, 6) is -0.611. The lowest BCUT2D eigenvalue weighted by atomic mass is 9.93. The van der Waals surface area contributed by atoms with Crippen molar-refractivity contribution in [3.05, 3.63) is 59.7 Å². The van der Waals surface area contributed by atoms with E-state index in [1.807, 2.05) is 57.2 Å². The molecule has 2 aromatic carbocycles. The van der Waals surface area contributed by atoms with E-state index < -0.39 is 5.54 Å². The van der Waals surface area contributed by atoms with E-state index in [4.69, 9.17) is 5.73 Å². The fourth-order valence-electron chi connectivity index (χ4n) is 3.48. The third kappa shape index (κ3) is 4.40. The van der Waals surface area contributed by atoms with Crippen molar-refractivity contribution in [1.29, 1.82) is 0 Å². The number of hydrogen-bond donors (Lipinski definition) is 2. The number of nitrogens with two attached hydrogens (primary N) is 1. The molecule has 0 aliphatic carbocycles. The van der Waals surface area contributed by atoms with E-state index in [2.05, 4.69) is 20.8 Å². The van der Waals surface area contributed by atoms with Crippen LogP contribution in [0.4, 0.5) is 17.3 Å². The fourth-order valence-corrected chi connectivity index (χ4v) is 3.48. The van der Waals surface area contributed by atoms with Crippen LogP contribution in [0, 0.1) is 13.8 Å². The second-order valence-corrected chi connectivity index (χ2v) is 7.61. The first-order valence-corrected chi connectivity index (χ1v) is 10.1. The number of nitrogens with one attached hydrogen (secondary N) is 1. The maximum Gasteiger partial charge on any atom is 0.250 e. The summed E-state index contributed by atoms with van der Waals surface area (Å²) < 4.78 is 1.21. The Morgan fingerprint density at radius 3 is 2.29 bits per heavy atom. The number of rotatable bonds is 7. The Morgan fingerprint density at radius 2 is 1.74 bits per heavy atom. The Hall–Kier alpha value is -3.75. The molecule has 31 heavy (non-hydrogen) atoms. The zero-order chi connectivity index (χ0) is 22.6. The van der Waals surface area contributed by atoms with Gasteiger partial charge in [-0.25, -0.2) is 4.68 Å². The molecule has 0 aliphatic rings. The Bertz CT molecular complexity index is 1060.